The molecule has 0 spiro atoms. The molecule has 1 heterocycles. The third kappa shape index (κ3) is 2.82. The molecule has 2 aromatic rings. The molecule has 1 saturated carbocycles. The summed E-state index contributed by atoms with van der Waals surface area (Å²) in [7, 11) is 1.64. The van der Waals surface area contributed by atoms with Crippen LogP contribution in [-0.2, 0) is 23.2 Å². The normalized spacial score (nSPS) is 17.8. The van der Waals surface area contributed by atoms with Gasteiger partial charge in [-0.2, -0.15) is 0 Å². The van der Waals surface area contributed by atoms with Gasteiger partial charge in [-0.1, -0.05) is 24.3 Å². The number of benzene rings is 2. The van der Waals surface area contributed by atoms with Crippen molar-refractivity contribution in [2.75, 3.05) is 13.7 Å². The van der Waals surface area contributed by atoms with Gasteiger partial charge in [0.05, 0.1) is 12.5 Å². The Bertz CT molecular complexity index is 822. The van der Waals surface area contributed by atoms with Gasteiger partial charge >= 0.3 is 0 Å². The summed E-state index contributed by atoms with van der Waals surface area (Å²) >= 11 is 0. The summed E-state index contributed by atoms with van der Waals surface area (Å²) in [4.78, 5) is 26.0. The van der Waals surface area contributed by atoms with Crippen molar-refractivity contribution in [3.63, 3.8) is 0 Å². The second kappa shape index (κ2) is 6.03. The topological polar surface area (TPSA) is 46.6 Å². The monoisotopic (exact) mass is 335 g/mol. The van der Waals surface area contributed by atoms with Crippen LogP contribution < -0.4 is 4.74 Å². The SMILES string of the molecule is COc1ccc(CN2CCc3cc(C4(C=O)CC4)ccc3C2=O)cc1. The average molecular weight is 335 g/mol. The van der Waals surface area contributed by atoms with Crippen molar-refractivity contribution < 1.29 is 14.3 Å². The molecule has 0 radical (unpaired) electrons. The van der Waals surface area contributed by atoms with Gasteiger partial charge in [0, 0.05) is 18.7 Å². The molecule has 1 aliphatic carbocycles. The number of carbonyl (C=O) groups excluding carboxylic acids is 2. The highest BCUT2D eigenvalue weighted by atomic mass is 16.5. The maximum absolute atomic E-state index is 12.8. The Morgan fingerprint density at radius 2 is 1.92 bits per heavy atom. The van der Waals surface area contributed by atoms with E-state index in [4.69, 9.17) is 4.74 Å². The Morgan fingerprint density at radius 1 is 1.16 bits per heavy atom. The van der Waals surface area contributed by atoms with E-state index in [1.165, 1.54) is 0 Å². The van der Waals surface area contributed by atoms with Crippen molar-refractivity contribution in [1.29, 1.82) is 0 Å². The van der Waals surface area contributed by atoms with Crippen molar-refractivity contribution in [2.24, 2.45) is 0 Å². The minimum Gasteiger partial charge on any atom is -0.497 e. The smallest absolute Gasteiger partial charge is 0.254 e. The number of methoxy groups -OCH3 is 1. The molecule has 128 valence electrons. The zero-order valence-corrected chi connectivity index (χ0v) is 14.3. The van der Waals surface area contributed by atoms with E-state index < -0.39 is 0 Å². The summed E-state index contributed by atoms with van der Waals surface area (Å²) in [5, 5.41) is 0. The highest BCUT2D eigenvalue weighted by molar-refractivity contribution is 5.97. The maximum Gasteiger partial charge on any atom is 0.254 e. The molecule has 1 amide bonds. The molecular formula is C21H21NO3. The van der Waals surface area contributed by atoms with E-state index in [0.717, 1.165) is 53.6 Å². The molecule has 0 aromatic heterocycles. The van der Waals surface area contributed by atoms with E-state index in [-0.39, 0.29) is 11.3 Å². The number of rotatable bonds is 5. The molecule has 4 rings (SSSR count). The van der Waals surface area contributed by atoms with Gasteiger partial charge in [0.2, 0.25) is 0 Å². The quantitative estimate of drug-likeness (QED) is 0.789. The van der Waals surface area contributed by atoms with Crippen LogP contribution in [0.15, 0.2) is 42.5 Å². The highest BCUT2D eigenvalue weighted by Crippen LogP contribution is 2.46. The number of nitrogens with zero attached hydrogens (tertiary/aromatic N) is 1. The van der Waals surface area contributed by atoms with Crippen molar-refractivity contribution in [3.8, 4) is 5.75 Å². The van der Waals surface area contributed by atoms with E-state index in [2.05, 4.69) is 6.07 Å². The lowest BCUT2D eigenvalue weighted by molar-refractivity contribution is -0.109. The van der Waals surface area contributed by atoms with E-state index in [1.807, 2.05) is 41.3 Å². The Balaban J connectivity index is 1.53. The second-order valence-electron chi connectivity index (χ2n) is 6.97. The van der Waals surface area contributed by atoms with E-state index >= 15 is 0 Å². The van der Waals surface area contributed by atoms with Crippen LogP contribution in [0, 0.1) is 0 Å². The molecule has 2 aromatic carbocycles. The van der Waals surface area contributed by atoms with Gasteiger partial charge in [-0.05, 0) is 54.2 Å². The summed E-state index contributed by atoms with van der Waals surface area (Å²) in [6, 6.07) is 13.7. The fraction of sp³-hybridized carbons (Fsp3) is 0.333. The fourth-order valence-corrected chi connectivity index (χ4v) is 3.56. The number of hydrogen-bond donors (Lipinski definition) is 0. The van der Waals surface area contributed by atoms with E-state index in [1.54, 1.807) is 7.11 Å². The molecule has 0 unspecified atom stereocenters. The van der Waals surface area contributed by atoms with Gasteiger partial charge in [-0.25, -0.2) is 0 Å². The van der Waals surface area contributed by atoms with Crippen LogP contribution in [0.3, 0.4) is 0 Å². The molecule has 0 bridgehead atoms. The van der Waals surface area contributed by atoms with Crippen LogP contribution >= 0.6 is 0 Å². The molecule has 0 saturated heterocycles. The lowest BCUT2D eigenvalue weighted by Gasteiger charge is -2.29. The zero-order valence-electron chi connectivity index (χ0n) is 14.3. The van der Waals surface area contributed by atoms with E-state index in [0.29, 0.717) is 13.1 Å². The second-order valence-corrected chi connectivity index (χ2v) is 6.97. The summed E-state index contributed by atoms with van der Waals surface area (Å²) in [6.45, 7) is 1.30. The fourth-order valence-electron chi connectivity index (χ4n) is 3.56. The first-order chi connectivity index (χ1) is 12.1. The van der Waals surface area contributed by atoms with Crippen LogP contribution in [0.1, 0.15) is 39.9 Å². The predicted octanol–water partition coefficient (Wildman–Crippen LogP) is 3.12. The van der Waals surface area contributed by atoms with Crippen molar-refractivity contribution in [1.82, 2.24) is 4.90 Å². The number of carbonyl (C=O) groups is 2. The van der Waals surface area contributed by atoms with Gasteiger partial charge in [0.1, 0.15) is 12.0 Å². The maximum atomic E-state index is 12.8. The third-order valence-corrected chi connectivity index (χ3v) is 5.40. The molecule has 1 aliphatic heterocycles. The van der Waals surface area contributed by atoms with Crippen LogP contribution in [0.2, 0.25) is 0 Å². The number of amides is 1. The zero-order chi connectivity index (χ0) is 17.4. The molecule has 25 heavy (non-hydrogen) atoms. The Labute approximate surface area is 147 Å². The molecular weight excluding hydrogens is 314 g/mol. The van der Waals surface area contributed by atoms with Gasteiger partial charge in [0.25, 0.3) is 5.91 Å². The highest BCUT2D eigenvalue weighted by Gasteiger charge is 2.44. The van der Waals surface area contributed by atoms with Gasteiger partial charge in [-0.3, -0.25) is 4.79 Å². The molecule has 2 aliphatic rings. The number of fused-ring (bicyclic) bond motifs is 1. The summed E-state index contributed by atoms with van der Waals surface area (Å²) in [6.07, 6.45) is 3.75. The average Bonchev–Trinajstić information content (AvgIpc) is 3.46. The summed E-state index contributed by atoms with van der Waals surface area (Å²) in [5.41, 5.74) is 3.72. The van der Waals surface area contributed by atoms with Crippen molar-refractivity contribution >= 4 is 12.2 Å². The third-order valence-electron chi connectivity index (χ3n) is 5.40. The van der Waals surface area contributed by atoms with Gasteiger partial charge < -0.3 is 14.4 Å². The van der Waals surface area contributed by atoms with Crippen LogP contribution in [0.4, 0.5) is 0 Å². The molecule has 0 atom stereocenters. The van der Waals surface area contributed by atoms with Crippen LogP contribution in [0.5, 0.6) is 5.75 Å². The molecule has 4 heteroatoms. The van der Waals surface area contributed by atoms with E-state index in [9.17, 15) is 9.59 Å². The minimum atomic E-state index is -0.279. The molecule has 4 nitrogen and oxygen atoms in total. The first kappa shape index (κ1) is 15.9. The van der Waals surface area contributed by atoms with Crippen LogP contribution in [0.25, 0.3) is 0 Å². The largest absolute Gasteiger partial charge is 0.497 e. The van der Waals surface area contributed by atoms with Crippen molar-refractivity contribution in [3.05, 3.63) is 64.7 Å². The number of ether oxygens (including phenoxy) is 1. The Hall–Kier alpha value is -2.62. The van der Waals surface area contributed by atoms with Crippen LogP contribution in [-0.4, -0.2) is 30.7 Å². The molecule has 1 fully saturated rings. The minimum absolute atomic E-state index is 0.0690. The lowest BCUT2D eigenvalue weighted by Crippen LogP contribution is -2.37. The number of aldehydes is 1. The first-order valence-corrected chi connectivity index (χ1v) is 8.67. The lowest BCUT2D eigenvalue weighted by atomic mass is 9.90. The first-order valence-electron chi connectivity index (χ1n) is 8.67. The number of hydrogen-bond acceptors (Lipinski definition) is 3. The van der Waals surface area contributed by atoms with Gasteiger partial charge in [-0.15, -0.1) is 0 Å². The standard InChI is InChI=1S/C21H21NO3/c1-25-18-5-2-15(3-6-18)13-22-11-8-16-12-17(21(14-23)9-10-21)4-7-19(16)20(22)24/h2-7,12,14H,8-11,13H2,1H3. The predicted molar refractivity (Wildman–Crippen MR) is 94.9 cm³/mol. The Kier molecular flexibility index (Phi) is 3.83. The Morgan fingerprint density at radius 3 is 2.56 bits per heavy atom. The summed E-state index contributed by atoms with van der Waals surface area (Å²) < 4.78 is 5.17. The molecule has 0 N–H and O–H groups in total. The van der Waals surface area contributed by atoms with Crippen molar-refractivity contribution in [2.45, 2.75) is 31.2 Å². The van der Waals surface area contributed by atoms with Gasteiger partial charge in [0.15, 0.2) is 0 Å². The summed E-state index contributed by atoms with van der Waals surface area (Å²) in [5.74, 6) is 0.885.